The molecule has 0 saturated heterocycles. The Labute approximate surface area is 157 Å². The van der Waals surface area contributed by atoms with E-state index >= 15 is 0 Å². The lowest BCUT2D eigenvalue weighted by Gasteiger charge is -2.21. The second-order valence-electron chi connectivity index (χ2n) is 6.77. The third-order valence-electron chi connectivity index (χ3n) is 4.59. The lowest BCUT2D eigenvalue weighted by atomic mass is 10.1. The molecule has 0 fully saturated rings. The molecule has 0 spiro atoms. The van der Waals surface area contributed by atoms with Crippen LogP contribution in [-0.2, 0) is 0 Å². The summed E-state index contributed by atoms with van der Waals surface area (Å²) in [5, 5.41) is 13.8. The standard InChI is InChI=1S/C21H30N2OS/c1-16-14-18(11-12-21(16)25)20(24)15-22-17(2)8-7-13-23(3)19-9-5-4-6-10-19/h4-6,9-12,14,17,20,22,24-25H,7-8,13,15H2,1-3H3. The summed E-state index contributed by atoms with van der Waals surface area (Å²) in [6, 6.07) is 16.7. The van der Waals surface area contributed by atoms with Crippen molar-refractivity contribution in [3.05, 3.63) is 59.7 Å². The van der Waals surface area contributed by atoms with E-state index in [4.69, 9.17) is 0 Å². The van der Waals surface area contributed by atoms with Crippen LogP contribution < -0.4 is 10.2 Å². The molecule has 0 aliphatic heterocycles. The Morgan fingerprint density at radius 1 is 1.16 bits per heavy atom. The van der Waals surface area contributed by atoms with Crippen molar-refractivity contribution in [2.24, 2.45) is 0 Å². The average Bonchev–Trinajstić information content (AvgIpc) is 2.62. The van der Waals surface area contributed by atoms with Gasteiger partial charge in [0.2, 0.25) is 0 Å². The largest absolute Gasteiger partial charge is 0.387 e. The maximum atomic E-state index is 10.4. The summed E-state index contributed by atoms with van der Waals surface area (Å²) in [6.07, 6.45) is 1.71. The first kappa shape index (κ1) is 19.8. The number of para-hydroxylation sites is 1. The Hall–Kier alpha value is -1.49. The van der Waals surface area contributed by atoms with Crippen LogP contribution >= 0.6 is 12.6 Å². The lowest BCUT2D eigenvalue weighted by molar-refractivity contribution is 0.169. The van der Waals surface area contributed by atoms with Crippen LogP contribution in [0.4, 0.5) is 5.69 Å². The molecular formula is C21H30N2OS. The highest BCUT2D eigenvalue weighted by atomic mass is 32.1. The summed E-state index contributed by atoms with van der Waals surface area (Å²) in [4.78, 5) is 3.24. The van der Waals surface area contributed by atoms with E-state index in [0.717, 1.165) is 35.4 Å². The zero-order chi connectivity index (χ0) is 18.2. The Morgan fingerprint density at radius 2 is 1.88 bits per heavy atom. The number of thiol groups is 1. The number of aliphatic hydroxyl groups excluding tert-OH is 1. The zero-order valence-corrected chi connectivity index (χ0v) is 16.3. The van der Waals surface area contributed by atoms with Gasteiger partial charge < -0.3 is 15.3 Å². The van der Waals surface area contributed by atoms with Crippen molar-refractivity contribution in [2.45, 2.75) is 43.7 Å². The van der Waals surface area contributed by atoms with E-state index in [1.165, 1.54) is 5.69 Å². The fourth-order valence-electron chi connectivity index (χ4n) is 2.86. The molecule has 0 amide bonds. The minimum atomic E-state index is -0.484. The summed E-state index contributed by atoms with van der Waals surface area (Å²) in [5.41, 5.74) is 3.29. The molecule has 2 rings (SSSR count). The van der Waals surface area contributed by atoms with E-state index in [0.29, 0.717) is 12.6 Å². The van der Waals surface area contributed by atoms with Gasteiger partial charge in [0, 0.05) is 36.8 Å². The minimum Gasteiger partial charge on any atom is -0.387 e. The second kappa shape index (κ2) is 9.85. The average molecular weight is 359 g/mol. The number of anilines is 1. The van der Waals surface area contributed by atoms with Gasteiger partial charge in [0.1, 0.15) is 0 Å². The van der Waals surface area contributed by atoms with Crippen molar-refractivity contribution in [2.75, 3.05) is 25.0 Å². The normalized spacial score (nSPS) is 13.5. The molecule has 0 aliphatic rings. The summed E-state index contributed by atoms with van der Waals surface area (Å²) in [6.45, 7) is 5.79. The van der Waals surface area contributed by atoms with Gasteiger partial charge in [0.15, 0.2) is 0 Å². The van der Waals surface area contributed by atoms with Gasteiger partial charge in [-0.15, -0.1) is 12.6 Å². The number of aliphatic hydroxyl groups is 1. The van der Waals surface area contributed by atoms with Gasteiger partial charge >= 0.3 is 0 Å². The maximum Gasteiger partial charge on any atom is 0.0914 e. The number of nitrogens with zero attached hydrogens (tertiary/aromatic N) is 1. The van der Waals surface area contributed by atoms with Crippen LogP contribution in [-0.4, -0.2) is 31.3 Å². The van der Waals surface area contributed by atoms with Crippen molar-refractivity contribution in [3.8, 4) is 0 Å². The highest BCUT2D eigenvalue weighted by Gasteiger charge is 2.10. The Bertz CT molecular complexity index is 648. The predicted octanol–water partition coefficient (Wildman–Crippen LogP) is 4.21. The monoisotopic (exact) mass is 358 g/mol. The van der Waals surface area contributed by atoms with Crippen molar-refractivity contribution in [3.63, 3.8) is 0 Å². The summed E-state index contributed by atoms with van der Waals surface area (Å²) < 4.78 is 0. The minimum absolute atomic E-state index is 0.379. The molecule has 4 heteroatoms. The van der Waals surface area contributed by atoms with E-state index in [-0.39, 0.29) is 0 Å². The van der Waals surface area contributed by atoms with E-state index in [9.17, 15) is 5.11 Å². The van der Waals surface area contributed by atoms with Crippen molar-refractivity contribution < 1.29 is 5.11 Å². The first-order valence-corrected chi connectivity index (χ1v) is 9.39. The molecule has 3 nitrogen and oxygen atoms in total. The molecule has 2 N–H and O–H groups in total. The number of hydrogen-bond donors (Lipinski definition) is 3. The summed E-state index contributed by atoms with van der Waals surface area (Å²) in [7, 11) is 2.13. The van der Waals surface area contributed by atoms with Crippen LogP contribution in [0.1, 0.15) is 37.0 Å². The highest BCUT2D eigenvalue weighted by molar-refractivity contribution is 7.80. The molecular weight excluding hydrogens is 328 g/mol. The number of hydrogen-bond acceptors (Lipinski definition) is 4. The highest BCUT2D eigenvalue weighted by Crippen LogP contribution is 2.19. The van der Waals surface area contributed by atoms with E-state index < -0.39 is 6.10 Å². The molecule has 25 heavy (non-hydrogen) atoms. The van der Waals surface area contributed by atoms with Crippen molar-refractivity contribution in [1.29, 1.82) is 0 Å². The molecule has 2 atom stereocenters. The molecule has 2 aromatic rings. The molecule has 0 saturated carbocycles. The Balaban J connectivity index is 1.69. The van der Waals surface area contributed by atoms with Gasteiger partial charge in [-0.3, -0.25) is 0 Å². The van der Waals surface area contributed by atoms with Gasteiger partial charge in [-0.25, -0.2) is 0 Å². The SMILES string of the molecule is Cc1cc(C(O)CNC(C)CCCN(C)c2ccccc2)ccc1S. The predicted molar refractivity (Wildman–Crippen MR) is 110 cm³/mol. The summed E-state index contributed by atoms with van der Waals surface area (Å²) in [5.74, 6) is 0. The first-order valence-electron chi connectivity index (χ1n) is 8.94. The maximum absolute atomic E-state index is 10.4. The van der Waals surface area contributed by atoms with Gasteiger partial charge in [-0.2, -0.15) is 0 Å². The molecule has 136 valence electrons. The smallest absolute Gasteiger partial charge is 0.0914 e. The molecule has 0 aliphatic carbocycles. The van der Waals surface area contributed by atoms with Gasteiger partial charge in [0.05, 0.1) is 6.10 Å². The van der Waals surface area contributed by atoms with Crippen LogP contribution in [0, 0.1) is 6.92 Å². The Morgan fingerprint density at radius 3 is 2.56 bits per heavy atom. The molecule has 2 aromatic carbocycles. The number of nitrogens with one attached hydrogen (secondary N) is 1. The summed E-state index contributed by atoms with van der Waals surface area (Å²) >= 11 is 4.38. The number of rotatable bonds is 9. The topological polar surface area (TPSA) is 35.5 Å². The molecule has 0 bridgehead atoms. The van der Waals surface area contributed by atoms with Gasteiger partial charge in [-0.05, 0) is 56.0 Å². The van der Waals surface area contributed by atoms with Crippen LogP contribution in [0.3, 0.4) is 0 Å². The van der Waals surface area contributed by atoms with Crippen LogP contribution in [0.2, 0.25) is 0 Å². The fraction of sp³-hybridized carbons (Fsp3) is 0.429. The second-order valence-corrected chi connectivity index (χ2v) is 7.25. The fourth-order valence-corrected chi connectivity index (χ4v) is 3.00. The molecule has 2 unspecified atom stereocenters. The lowest BCUT2D eigenvalue weighted by Crippen LogP contribution is -2.31. The van der Waals surface area contributed by atoms with Crippen LogP contribution in [0.5, 0.6) is 0 Å². The van der Waals surface area contributed by atoms with Crippen LogP contribution in [0.25, 0.3) is 0 Å². The van der Waals surface area contributed by atoms with Crippen LogP contribution in [0.15, 0.2) is 53.4 Å². The van der Waals surface area contributed by atoms with E-state index in [2.05, 4.69) is 61.1 Å². The van der Waals surface area contributed by atoms with E-state index in [1.54, 1.807) is 0 Å². The third kappa shape index (κ3) is 6.38. The van der Waals surface area contributed by atoms with Crippen molar-refractivity contribution in [1.82, 2.24) is 5.32 Å². The zero-order valence-electron chi connectivity index (χ0n) is 15.4. The third-order valence-corrected chi connectivity index (χ3v) is 5.09. The van der Waals surface area contributed by atoms with Gasteiger partial charge in [0.25, 0.3) is 0 Å². The van der Waals surface area contributed by atoms with Gasteiger partial charge in [-0.1, -0.05) is 30.3 Å². The van der Waals surface area contributed by atoms with Crippen molar-refractivity contribution >= 4 is 18.3 Å². The number of benzene rings is 2. The number of aryl methyl sites for hydroxylation is 1. The van der Waals surface area contributed by atoms with E-state index in [1.807, 2.05) is 31.2 Å². The molecule has 0 heterocycles. The quantitative estimate of drug-likeness (QED) is 0.588. The first-order chi connectivity index (χ1) is 12.0. The molecule has 0 aromatic heterocycles. The Kier molecular flexibility index (Phi) is 7.82. The molecule has 0 radical (unpaired) electrons.